The number of hydrogen-bond acceptors (Lipinski definition) is 3. The standard InChI is InChI=1S/C17H13FN4O.H2O/c1-10-8-12-4-3-5-14(18)16(12)22-15(10)17(23)21(20-22)13-7-6-11(2)19-9-13;/h3-9H,1-2H3;1H2. The number of hydrogen-bond donors (Lipinski definition) is 1. The highest BCUT2D eigenvalue weighted by atomic mass is 19.1. The van der Waals surface area contributed by atoms with Gasteiger partial charge < -0.3 is 5.48 Å². The van der Waals surface area contributed by atoms with Crippen molar-refractivity contribution in [1.82, 2.24) is 14.9 Å². The number of H-pyrrole nitrogens is 1. The van der Waals surface area contributed by atoms with Crippen molar-refractivity contribution in [2.75, 3.05) is 0 Å². The molecule has 0 unspecified atom stereocenters. The van der Waals surface area contributed by atoms with E-state index in [0.29, 0.717) is 16.7 Å². The van der Waals surface area contributed by atoms with Gasteiger partial charge in [-0.1, -0.05) is 22.0 Å². The molecule has 0 fully saturated rings. The van der Waals surface area contributed by atoms with Gasteiger partial charge in [0.1, 0.15) is 0 Å². The Balaban J connectivity index is 0.00000169. The number of nitrogens with one attached hydrogen (secondary N) is 1. The Hall–Kier alpha value is -3.06. The number of para-hydroxylation sites is 1. The first-order chi connectivity index (χ1) is 11.1. The summed E-state index contributed by atoms with van der Waals surface area (Å²) in [6.45, 7) is 3.71. The molecule has 4 aromatic rings. The predicted molar refractivity (Wildman–Crippen MR) is 86.2 cm³/mol. The molecular weight excluding hydrogens is 311 g/mol. The Morgan fingerprint density at radius 2 is 1.96 bits per heavy atom. The van der Waals surface area contributed by atoms with Crippen molar-refractivity contribution in [2.45, 2.75) is 13.8 Å². The van der Waals surface area contributed by atoms with E-state index in [4.69, 9.17) is 0 Å². The number of benzene rings is 1. The predicted octanol–water partition coefficient (Wildman–Crippen LogP) is 2.03. The molecule has 122 valence electrons. The number of fused-ring (bicyclic) bond motifs is 3. The molecule has 24 heavy (non-hydrogen) atoms. The van der Waals surface area contributed by atoms with Crippen LogP contribution in [0.5, 0.6) is 0 Å². The van der Waals surface area contributed by atoms with Crippen LogP contribution in [0.1, 0.15) is 11.3 Å². The number of aromatic nitrogens is 4. The van der Waals surface area contributed by atoms with E-state index in [-0.39, 0.29) is 16.9 Å². The van der Waals surface area contributed by atoms with Crippen LogP contribution in [0.2, 0.25) is 0 Å². The summed E-state index contributed by atoms with van der Waals surface area (Å²) in [6.07, 6.45) is 1.61. The summed E-state index contributed by atoms with van der Waals surface area (Å²) in [4.78, 5) is 17.0. The molecule has 0 bridgehead atoms. The van der Waals surface area contributed by atoms with E-state index >= 15 is 0 Å². The lowest BCUT2D eigenvalue weighted by Crippen LogP contribution is -2.28. The molecule has 0 saturated heterocycles. The van der Waals surface area contributed by atoms with E-state index in [1.54, 1.807) is 18.3 Å². The molecule has 0 spiro atoms. The van der Waals surface area contributed by atoms with Crippen molar-refractivity contribution in [2.24, 2.45) is 0 Å². The van der Waals surface area contributed by atoms with Gasteiger partial charge in [0.25, 0.3) is 0 Å². The highest BCUT2D eigenvalue weighted by Gasteiger charge is 2.23. The zero-order valence-electron chi connectivity index (χ0n) is 13.1. The van der Waals surface area contributed by atoms with Crippen LogP contribution in [0.3, 0.4) is 0 Å². The number of aryl methyl sites for hydroxylation is 2. The molecule has 0 atom stereocenters. The second-order valence-electron chi connectivity index (χ2n) is 5.59. The minimum absolute atomic E-state index is 0. The Morgan fingerprint density at radius 3 is 2.67 bits per heavy atom. The third-order valence-corrected chi connectivity index (χ3v) is 3.97. The van der Waals surface area contributed by atoms with Crippen molar-refractivity contribution in [3.63, 3.8) is 0 Å². The Kier molecular flexibility index (Phi) is 3.65. The Labute approximate surface area is 136 Å². The smallest absolute Gasteiger partial charge is 0.406 e. The van der Waals surface area contributed by atoms with Crippen molar-refractivity contribution in [3.05, 3.63) is 70.0 Å². The zero-order valence-corrected chi connectivity index (χ0v) is 13.1. The lowest BCUT2D eigenvalue weighted by atomic mass is 10.1. The molecule has 0 amide bonds. The van der Waals surface area contributed by atoms with Gasteiger partial charge in [0, 0.05) is 16.6 Å². The zero-order chi connectivity index (χ0) is 16.1. The van der Waals surface area contributed by atoms with Crippen LogP contribution >= 0.6 is 0 Å². The van der Waals surface area contributed by atoms with Gasteiger partial charge in [0.2, 0.25) is 5.52 Å². The summed E-state index contributed by atoms with van der Waals surface area (Å²) in [5.74, 6) is -0.382. The molecule has 0 aliphatic carbocycles. The first kappa shape index (κ1) is 15.8. The average molecular weight is 326 g/mol. The monoisotopic (exact) mass is 326 g/mol. The van der Waals surface area contributed by atoms with Crippen LogP contribution in [0.25, 0.3) is 22.1 Å². The third kappa shape index (κ3) is 2.17. The maximum Gasteiger partial charge on any atom is 0.406 e. The van der Waals surface area contributed by atoms with E-state index in [2.05, 4.69) is 10.2 Å². The van der Waals surface area contributed by atoms with E-state index in [0.717, 1.165) is 16.6 Å². The first-order valence-corrected chi connectivity index (χ1v) is 7.24. The summed E-state index contributed by atoms with van der Waals surface area (Å²) in [6, 6.07) is 10.3. The summed E-state index contributed by atoms with van der Waals surface area (Å²) >= 11 is 0. The van der Waals surface area contributed by atoms with Crippen LogP contribution in [0.15, 0.2) is 47.4 Å². The maximum atomic E-state index is 14.3. The van der Waals surface area contributed by atoms with Crippen LogP contribution in [-0.2, 0) is 0 Å². The normalized spacial score (nSPS) is 11.0. The topological polar surface area (TPSA) is 84.8 Å². The highest BCUT2D eigenvalue weighted by Crippen LogP contribution is 2.17. The van der Waals surface area contributed by atoms with E-state index < -0.39 is 0 Å². The number of pyridine rings is 2. The SMILES string of the molecule is Cc1ccc(-n2[nH][n+]3c(c(C)cc4cccc(F)c43)c2=O)cn1.[OH-]. The largest absolute Gasteiger partial charge is 0.870 e. The number of halogens is 1. The quantitative estimate of drug-likeness (QED) is 0.543. The van der Waals surface area contributed by atoms with Gasteiger partial charge in [-0.25, -0.2) is 9.18 Å². The highest BCUT2D eigenvalue weighted by molar-refractivity contribution is 5.79. The summed E-state index contributed by atoms with van der Waals surface area (Å²) < 4.78 is 17.2. The fourth-order valence-electron chi connectivity index (χ4n) is 2.86. The van der Waals surface area contributed by atoms with Gasteiger partial charge in [0.05, 0.1) is 6.20 Å². The molecular formula is C17H15FN4O2. The van der Waals surface area contributed by atoms with Crippen molar-refractivity contribution in [3.8, 4) is 5.69 Å². The van der Waals surface area contributed by atoms with Crippen molar-refractivity contribution in [1.29, 1.82) is 0 Å². The van der Waals surface area contributed by atoms with E-state index in [9.17, 15) is 9.18 Å². The molecule has 3 heterocycles. The minimum atomic E-state index is -0.382. The van der Waals surface area contributed by atoms with Crippen molar-refractivity contribution < 1.29 is 14.4 Å². The molecule has 0 saturated carbocycles. The minimum Gasteiger partial charge on any atom is -0.870 e. The van der Waals surface area contributed by atoms with Gasteiger partial charge in [-0.3, -0.25) is 4.98 Å². The lowest BCUT2D eigenvalue weighted by Gasteiger charge is -1.99. The fraction of sp³-hybridized carbons (Fsp3) is 0.118. The van der Waals surface area contributed by atoms with Gasteiger partial charge in [-0.05, 0) is 38.1 Å². The van der Waals surface area contributed by atoms with Gasteiger partial charge in [-0.2, -0.15) is 0 Å². The van der Waals surface area contributed by atoms with Crippen LogP contribution in [-0.4, -0.2) is 20.4 Å². The Morgan fingerprint density at radius 1 is 1.17 bits per heavy atom. The van der Waals surface area contributed by atoms with Crippen LogP contribution in [0.4, 0.5) is 4.39 Å². The molecule has 0 aliphatic heterocycles. The molecule has 4 rings (SSSR count). The molecule has 2 N–H and O–H groups in total. The van der Waals surface area contributed by atoms with Gasteiger partial charge >= 0.3 is 5.56 Å². The summed E-state index contributed by atoms with van der Waals surface area (Å²) in [5, 5.41) is 3.70. The first-order valence-electron chi connectivity index (χ1n) is 7.24. The summed E-state index contributed by atoms with van der Waals surface area (Å²) in [7, 11) is 0. The van der Waals surface area contributed by atoms with Crippen LogP contribution < -0.4 is 10.1 Å². The summed E-state index contributed by atoms with van der Waals surface area (Å²) in [5.41, 5.74) is 2.78. The molecule has 1 aromatic carbocycles. The van der Waals surface area contributed by atoms with E-state index in [1.165, 1.54) is 15.3 Å². The third-order valence-electron chi connectivity index (χ3n) is 3.97. The van der Waals surface area contributed by atoms with Gasteiger partial charge in [-0.15, -0.1) is 4.52 Å². The van der Waals surface area contributed by atoms with Crippen LogP contribution in [0, 0.1) is 19.7 Å². The molecule has 6 nitrogen and oxygen atoms in total. The molecule has 7 heteroatoms. The van der Waals surface area contributed by atoms with Crippen molar-refractivity contribution >= 4 is 16.4 Å². The number of aromatic amines is 1. The second kappa shape index (κ2) is 5.54. The van der Waals surface area contributed by atoms with Gasteiger partial charge in [0.15, 0.2) is 17.0 Å². The average Bonchev–Trinajstić information content (AvgIpc) is 2.86. The fourth-order valence-corrected chi connectivity index (χ4v) is 2.86. The number of nitrogens with zero attached hydrogens (tertiary/aromatic N) is 3. The molecule has 3 aromatic heterocycles. The second-order valence-corrected chi connectivity index (χ2v) is 5.59. The Bertz CT molecular complexity index is 1110. The maximum absolute atomic E-state index is 14.3. The molecule has 0 radical (unpaired) electrons. The number of rotatable bonds is 1. The van der Waals surface area contributed by atoms with E-state index in [1.807, 2.05) is 32.0 Å². The molecule has 0 aliphatic rings. The lowest BCUT2D eigenvalue weighted by molar-refractivity contribution is -0.557.